The fraction of sp³-hybridized carbons (Fsp3) is 0.100. The van der Waals surface area contributed by atoms with Crippen molar-refractivity contribution in [2.75, 3.05) is 10.8 Å². The maximum Gasteiger partial charge on any atom is 0.264 e. The van der Waals surface area contributed by atoms with Crippen LogP contribution >= 0.6 is 34.5 Å². The highest BCUT2D eigenvalue weighted by molar-refractivity contribution is 7.92. The van der Waals surface area contributed by atoms with E-state index in [1.165, 1.54) is 41.7 Å². The minimum Gasteiger partial charge on any atom is -0.271 e. The number of hydrogen-bond acceptors (Lipinski definition) is 5. The van der Waals surface area contributed by atoms with Crippen LogP contribution in [0.3, 0.4) is 0 Å². The van der Waals surface area contributed by atoms with E-state index in [0.29, 0.717) is 5.71 Å². The molecule has 3 rings (SSSR count). The van der Waals surface area contributed by atoms with Gasteiger partial charge in [0.05, 0.1) is 26.3 Å². The Kier molecular flexibility index (Phi) is 7.14. The first-order valence-corrected chi connectivity index (χ1v) is 11.8. The van der Waals surface area contributed by atoms with Gasteiger partial charge in [0, 0.05) is 4.88 Å². The summed E-state index contributed by atoms with van der Waals surface area (Å²) >= 11 is 13.5. The molecule has 156 valence electrons. The highest BCUT2D eigenvalue weighted by Crippen LogP contribution is 2.30. The lowest BCUT2D eigenvalue weighted by molar-refractivity contribution is -0.119. The van der Waals surface area contributed by atoms with E-state index < -0.39 is 22.5 Å². The van der Waals surface area contributed by atoms with E-state index in [0.717, 1.165) is 9.18 Å². The van der Waals surface area contributed by atoms with Crippen molar-refractivity contribution < 1.29 is 13.2 Å². The molecule has 0 radical (unpaired) electrons. The molecule has 0 aliphatic rings. The fourth-order valence-corrected chi connectivity index (χ4v) is 4.93. The number of anilines is 1. The van der Waals surface area contributed by atoms with Crippen LogP contribution in [0.5, 0.6) is 0 Å². The van der Waals surface area contributed by atoms with Gasteiger partial charge in [0.25, 0.3) is 15.9 Å². The molecule has 0 fully saturated rings. The van der Waals surface area contributed by atoms with E-state index in [9.17, 15) is 13.2 Å². The van der Waals surface area contributed by atoms with Gasteiger partial charge in [-0.2, -0.15) is 5.10 Å². The number of thiophene rings is 1. The van der Waals surface area contributed by atoms with Crippen LogP contribution in [0.15, 0.2) is 76.0 Å². The first-order chi connectivity index (χ1) is 14.3. The second kappa shape index (κ2) is 9.61. The second-order valence-electron chi connectivity index (χ2n) is 6.13. The number of sulfonamides is 1. The van der Waals surface area contributed by atoms with Crippen LogP contribution in [0.4, 0.5) is 5.69 Å². The van der Waals surface area contributed by atoms with Gasteiger partial charge >= 0.3 is 0 Å². The molecule has 0 unspecified atom stereocenters. The predicted molar refractivity (Wildman–Crippen MR) is 122 cm³/mol. The van der Waals surface area contributed by atoms with Gasteiger partial charge in [0.15, 0.2) is 0 Å². The van der Waals surface area contributed by atoms with Crippen LogP contribution in [0.2, 0.25) is 10.0 Å². The number of carbonyl (C=O) groups excluding carboxylic acids is 1. The number of nitrogens with zero attached hydrogens (tertiary/aromatic N) is 2. The largest absolute Gasteiger partial charge is 0.271 e. The molecule has 1 N–H and O–H groups in total. The van der Waals surface area contributed by atoms with Crippen molar-refractivity contribution in [2.24, 2.45) is 5.10 Å². The summed E-state index contributed by atoms with van der Waals surface area (Å²) in [5.41, 5.74) is 3.24. The zero-order chi connectivity index (χ0) is 21.7. The lowest BCUT2D eigenvalue weighted by Gasteiger charge is -2.24. The molecule has 1 amide bonds. The molecule has 10 heteroatoms. The van der Waals surface area contributed by atoms with Gasteiger partial charge in [-0.15, -0.1) is 11.3 Å². The molecule has 0 saturated carbocycles. The van der Waals surface area contributed by atoms with Crippen LogP contribution < -0.4 is 9.73 Å². The summed E-state index contributed by atoms with van der Waals surface area (Å²) in [6.07, 6.45) is 0. The molecular formula is C20H17Cl2N3O3S2. The lowest BCUT2D eigenvalue weighted by Crippen LogP contribution is -2.39. The second-order valence-corrected chi connectivity index (χ2v) is 9.76. The summed E-state index contributed by atoms with van der Waals surface area (Å²) < 4.78 is 27.4. The zero-order valence-corrected chi connectivity index (χ0v) is 18.9. The highest BCUT2D eigenvalue weighted by Gasteiger charge is 2.27. The molecule has 0 saturated heterocycles. The van der Waals surface area contributed by atoms with Crippen molar-refractivity contribution in [2.45, 2.75) is 11.8 Å². The standard InChI is InChI=1S/C20H17Cl2N3O3S2/c1-14(19-8-5-11-29-19)23-24-20(26)13-25(15-9-10-17(21)18(22)12-15)30(27,28)16-6-3-2-4-7-16/h2-12H,13H2,1H3,(H,24,26)/b23-14-. The highest BCUT2D eigenvalue weighted by atomic mass is 35.5. The topological polar surface area (TPSA) is 78.8 Å². The van der Waals surface area contributed by atoms with Crippen LogP contribution in [0, 0.1) is 0 Å². The van der Waals surface area contributed by atoms with Gasteiger partial charge in [-0.3, -0.25) is 9.10 Å². The van der Waals surface area contributed by atoms with E-state index in [-0.39, 0.29) is 20.6 Å². The molecule has 0 spiro atoms. The first kappa shape index (κ1) is 22.3. The minimum absolute atomic E-state index is 0.0436. The maximum absolute atomic E-state index is 13.2. The Bertz CT molecular complexity index is 1170. The maximum atomic E-state index is 13.2. The summed E-state index contributed by atoms with van der Waals surface area (Å²) in [4.78, 5) is 13.5. The Morgan fingerprint density at radius 3 is 2.43 bits per heavy atom. The molecule has 0 aliphatic heterocycles. The van der Waals surface area contributed by atoms with Crippen molar-refractivity contribution >= 4 is 61.9 Å². The summed E-state index contributed by atoms with van der Waals surface area (Å²) in [7, 11) is -4.04. The van der Waals surface area contributed by atoms with Gasteiger partial charge in [0.1, 0.15) is 6.54 Å². The van der Waals surface area contributed by atoms with Gasteiger partial charge in [-0.1, -0.05) is 47.5 Å². The van der Waals surface area contributed by atoms with Gasteiger partial charge in [0.2, 0.25) is 0 Å². The van der Waals surface area contributed by atoms with E-state index in [4.69, 9.17) is 23.2 Å². The normalized spacial score (nSPS) is 11.9. The molecule has 1 aromatic heterocycles. The number of carbonyl (C=O) groups is 1. The van der Waals surface area contributed by atoms with Crippen LogP contribution in [0.25, 0.3) is 0 Å². The van der Waals surface area contributed by atoms with Gasteiger partial charge < -0.3 is 0 Å². The molecule has 30 heavy (non-hydrogen) atoms. The summed E-state index contributed by atoms with van der Waals surface area (Å²) in [5.74, 6) is -0.600. The Labute approximate surface area is 188 Å². The zero-order valence-electron chi connectivity index (χ0n) is 15.7. The Morgan fingerprint density at radius 1 is 1.07 bits per heavy atom. The monoisotopic (exact) mass is 481 g/mol. The third-order valence-corrected chi connectivity index (χ3v) is 7.54. The molecule has 1 heterocycles. The summed E-state index contributed by atoms with van der Waals surface area (Å²) in [6.45, 7) is 1.26. The van der Waals surface area contributed by atoms with Crippen molar-refractivity contribution in [3.63, 3.8) is 0 Å². The predicted octanol–water partition coefficient (Wildman–Crippen LogP) is 4.79. The quantitative estimate of drug-likeness (QED) is 0.389. The minimum atomic E-state index is -4.04. The van der Waals surface area contributed by atoms with E-state index in [2.05, 4.69) is 10.5 Å². The number of nitrogens with one attached hydrogen (secondary N) is 1. The molecule has 6 nitrogen and oxygen atoms in total. The van der Waals surface area contributed by atoms with E-state index in [1.807, 2.05) is 17.5 Å². The third-order valence-electron chi connectivity index (χ3n) is 4.04. The molecule has 0 aliphatic carbocycles. The third kappa shape index (κ3) is 5.20. The average molecular weight is 482 g/mol. The number of hydrazone groups is 1. The number of halogens is 2. The Hall–Kier alpha value is -2.39. The first-order valence-electron chi connectivity index (χ1n) is 8.69. The van der Waals surface area contributed by atoms with Crippen molar-refractivity contribution in [3.05, 3.63) is 81.0 Å². The lowest BCUT2D eigenvalue weighted by atomic mass is 10.3. The molecule has 0 bridgehead atoms. The molecular weight excluding hydrogens is 465 g/mol. The van der Waals surface area contributed by atoms with E-state index in [1.54, 1.807) is 25.1 Å². The van der Waals surface area contributed by atoms with Crippen molar-refractivity contribution in [1.29, 1.82) is 0 Å². The van der Waals surface area contributed by atoms with Gasteiger partial charge in [-0.05, 0) is 48.7 Å². The van der Waals surface area contributed by atoms with Crippen LogP contribution in [-0.4, -0.2) is 26.6 Å². The van der Waals surface area contributed by atoms with Gasteiger partial charge in [-0.25, -0.2) is 13.8 Å². The Morgan fingerprint density at radius 2 is 1.80 bits per heavy atom. The SMILES string of the molecule is C/C(=N/NC(=O)CN(c1ccc(Cl)c(Cl)c1)S(=O)(=O)c1ccccc1)c1cccs1. The van der Waals surface area contributed by atoms with Crippen LogP contribution in [0.1, 0.15) is 11.8 Å². The average Bonchev–Trinajstić information content (AvgIpc) is 3.28. The number of rotatable bonds is 7. The van der Waals surface area contributed by atoms with E-state index >= 15 is 0 Å². The molecule has 0 atom stereocenters. The molecule has 2 aromatic carbocycles. The Balaban J connectivity index is 1.90. The summed E-state index contributed by atoms with van der Waals surface area (Å²) in [5, 5.41) is 6.41. The number of benzene rings is 2. The fourth-order valence-electron chi connectivity index (χ4n) is 2.53. The van der Waals surface area contributed by atoms with Crippen LogP contribution in [-0.2, 0) is 14.8 Å². The van der Waals surface area contributed by atoms with Crippen molar-refractivity contribution in [3.8, 4) is 0 Å². The molecule has 3 aromatic rings. The van der Waals surface area contributed by atoms with Crippen molar-refractivity contribution in [1.82, 2.24) is 5.43 Å². The smallest absolute Gasteiger partial charge is 0.264 e. The number of amides is 1. The number of hydrogen-bond donors (Lipinski definition) is 1. The summed E-state index contributed by atoms with van der Waals surface area (Å²) in [6, 6.07) is 15.9.